The van der Waals surface area contributed by atoms with Gasteiger partial charge in [-0.1, -0.05) is 0 Å². The van der Waals surface area contributed by atoms with Gasteiger partial charge in [-0.15, -0.1) is 0 Å². The predicted molar refractivity (Wildman–Crippen MR) is 74.2 cm³/mol. The molecule has 5 heteroatoms. The molecule has 0 radical (unpaired) electrons. The van der Waals surface area contributed by atoms with Gasteiger partial charge in [-0.25, -0.2) is 9.18 Å². The number of piperidine rings is 1. The molecule has 0 aromatic carbocycles. The average Bonchev–Trinajstić information content (AvgIpc) is 2.88. The Morgan fingerprint density at radius 2 is 2.05 bits per heavy atom. The van der Waals surface area contributed by atoms with Gasteiger partial charge >= 0.3 is 5.97 Å². The number of carbonyl (C=O) groups excluding carboxylic acids is 1. The molecule has 0 amide bonds. The monoisotopic (exact) mass is 284 g/mol. The van der Waals surface area contributed by atoms with Crippen LogP contribution in [0.1, 0.15) is 39.0 Å². The SMILES string of the molecule is CCOC(=O)C1(F)CCN(C2CC3(CCNC3)C2)CC1. The highest BCUT2D eigenvalue weighted by Crippen LogP contribution is 2.48. The third kappa shape index (κ3) is 2.46. The molecule has 1 saturated carbocycles. The molecule has 4 nitrogen and oxygen atoms in total. The molecule has 2 aliphatic heterocycles. The lowest BCUT2D eigenvalue weighted by atomic mass is 9.64. The fraction of sp³-hybridized carbons (Fsp3) is 0.933. The summed E-state index contributed by atoms with van der Waals surface area (Å²) >= 11 is 0. The van der Waals surface area contributed by atoms with Crippen LogP contribution in [0.4, 0.5) is 4.39 Å². The van der Waals surface area contributed by atoms with E-state index >= 15 is 0 Å². The highest BCUT2D eigenvalue weighted by molar-refractivity contribution is 5.79. The van der Waals surface area contributed by atoms with Crippen LogP contribution < -0.4 is 5.32 Å². The molecule has 0 aromatic heterocycles. The summed E-state index contributed by atoms with van der Waals surface area (Å²) in [5, 5.41) is 3.44. The highest BCUT2D eigenvalue weighted by Gasteiger charge is 2.50. The largest absolute Gasteiger partial charge is 0.464 e. The third-order valence-corrected chi connectivity index (χ3v) is 5.42. The molecule has 0 bridgehead atoms. The minimum Gasteiger partial charge on any atom is -0.464 e. The van der Waals surface area contributed by atoms with E-state index in [1.54, 1.807) is 6.92 Å². The number of likely N-dealkylation sites (tertiary alicyclic amines) is 1. The van der Waals surface area contributed by atoms with Gasteiger partial charge in [0.05, 0.1) is 6.61 Å². The molecule has 0 unspecified atom stereocenters. The van der Waals surface area contributed by atoms with Crippen LogP contribution in [0, 0.1) is 5.41 Å². The van der Waals surface area contributed by atoms with Crippen molar-refractivity contribution in [3.63, 3.8) is 0 Å². The number of hydrogen-bond acceptors (Lipinski definition) is 4. The number of halogens is 1. The molecule has 2 heterocycles. The number of alkyl halides is 1. The molecule has 0 atom stereocenters. The highest BCUT2D eigenvalue weighted by atomic mass is 19.1. The van der Waals surface area contributed by atoms with Gasteiger partial charge in [-0.3, -0.25) is 0 Å². The molecule has 3 rings (SSSR count). The molecule has 3 aliphatic rings. The molecule has 1 aliphatic carbocycles. The first-order valence-electron chi connectivity index (χ1n) is 7.88. The van der Waals surface area contributed by atoms with Crippen molar-refractivity contribution in [2.75, 3.05) is 32.8 Å². The smallest absolute Gasteiger partial charge is 0.343 e. The second-order valence-corrected chi connectivity index (χ2v) is 6.71. The summed E-state index contributed by atoms with van der Waals surface area (Å²) in [6.07, 6.45) is 4.33. The first-order valence-corrected chi connectivity index (χ1v) is 7.88. The first-order chi connectivity index (χ1) is 9.57. The van der Waals surface area contributed by atoms with Crippen LogP contribution in [-0.2, 0) is 9.53 Å². The summed E-state index contributed by atoms with van der Waals surface area (Å²) in [7, 11) is 0. The summed E-state index contributed by atoms with van der Waals surface area (Å²) in [4.78, 5) is 14.0. The van der Waals surface area contributed by atoms with Gasteiger partial charge in [0.25, 0.3) is 0 Å². The third-order valence-electron chi connectivity index (χ3n) is 5.42. The van der Waals surface area contributed by atoms with Crippen molar-refractivity contribution in [2.45, 2.75) is 50.7 Å². The van der Waals surface area contributed by atoms with Crippen molar-refractivity contribution >= 4 is 5.97 Å². The minimum absolute atomic E-state index is 0.256. The number of hydrogen-bond donors (Lipinski definition) is 1. The van der Waals surface area contributed by atoms with E-state index in [1.807, 2.05) is 0 Å². The number of rotatable bonds is 3. The van der Waals surface area contributed by atoms with E-state index in [1.165, 1.54) is 19.3 Å². The standard InChI is InChI=1S/C15H25FN2O2/c1-2-20-13(19)15(16)4-7-18(8-5-15)12-9-14(10-12)3-6-17-11-14/h12,17H,2-11H2,1H3. The Hall–Kier alpha value is -0.680. The van der Waals surface area contributed by atoms with E-state index in [0.29, 0.717) is 24.5 Å². The van der Waals surface area contributed by atoms with Crippen LogP contribution in [0.25, 0.3) is 0 Å². The number of nitrogens with one attached hydrogen (secondary N) is 1. The second kappa shape index (κ2) is 5.26. The summed E-state index contributed by atoms with van der Waals surface area (Å²) in [6, 6.07) is 0.599. The van der Waals surface area contributed by atoms with Crippen LogP contribution in [0.15, 0.2) is 0 Å². The van der Waals surface area contributed by atoms with Crippen LogP contribution >= 0.6 is 0 Å². The van der Waals surface area contributed by atoms with E-state index < -0.39 is 11.6 Å². The molecule has 2 saturated heterocycles. The van der Waals surface area contributed by atoms with E-state index in [9.17, 15) is 9.18 Å². The quantitative estimate of drug-likeness (QED) is 0.797. The Kier molecular flexibility index (Phi) is 3.75. The molecule has 3 fully saturated rings. The van der Waals surface area contributed by atoms with Crippen molar-refractivity contribution in [3.8, 4) is 0 Å². The van der Waals surface area contributed by atoms with Crippen LogP contribution in [0.2, 0.25) is 0 Å². The minimum atomic E-state index is -1.75. The van der Waals surface area contributed by atoms with E-state index in [0.717, 1.165) is 13.1 Å². The van der Waals surface area contributed by atoms with Crippen molar-refractivity contribution in [3.05, 3.63) is 0 Å². The molecule has 1 N–H and O–H groups in total. The summed E-state index contributed by atoms with van der Waals surface area (Å²) < 4.78 is 19.4. The van der Waals surface area contributed by atoms with Gasteiger partial charge in [-0.05, 0) is 38.1 Å². The maximum atomic E-state index is 14.5. The maximum Gasteiger partial charge on any atom is 0.343 e. The zero-order valence-corrected chi connectivity index (χ0v) is 12.3. The van der Waals surface area contributed by atoms with Gasteiger partial charge < -0.3 is 15.0 Å². The van der Waals surface area contributed by atoms with Gasteiger partial charge in [0.2, 0.25) is 5.67 Å². The lowest BCUT2D eigenvalue weighted by Crippen LogP contribution is -2.56. The first kappa shape index (κ1) is 14.3. The Bertz CT molecular complexity index is 366. The summed E-state index contributed by atoms with van der Waals surface area (Å²) in [5.74, 6) is -0.662. The van der Waals surface area contributed by atoms with Crippen molar-refractivity contribution in [1.29, 1.82) is 0 Å². The van der Waals surface area contributed by atoms with Crippen LogP contribution in [-0.4, -0.2) is 55.4 Å². The number of ether oxygens (including phenoxy) is 1. The molecule has 0 aromatic rings. The lowest BCUT2D eigenvalue weighted by Gasteiger charge is -2.51. The van der Waals surface area contributed by atoms with Crippen molar-refractivity contribution in [2.24, 2.45) is 5.41 Å². The number of esters is 1. The molecular weight excluding hydrogens is 259 g/mol. The Labute approximate surface area is 120 Å². The van der Waals surface area contributed by atoms with E-state index in [-0.39, 0.29) is 19.4 Å². The summed E-state index contributed by atoms with van der Waals surface area (Å²) in [6.45, 7) is 5.63. The van der Waals surface area contributed by atoms with Gasteiger partial charge in [0.15, 0.2) is 0 Å². The molecule has 1 spiro atoms. The van der Waals surface area contributed by atoms with E-state index in [4.69, 9.17) is 4.74 Å². The predicted octanol–water partition coefficient (Wildman–Crippen LogP) is 1.50. The summed E-state index contributed by atoms with van der Waals surface area (Å²) in [5.41, 5.74) is -1.22. The van der Waals surface area contributed by atoms with E-state index in [2.05, 4.69) is 10.2 Å². The Balaban J connectivity index is 1.48. The second-order valence-electron chi connectivity index (χ2n) is 6.71. The average molecular weight is 284 g/mol. The lowest BCUT2D eigenvalue weighted by molar-refractivity contribution is -0.162. The normalized spacial score (nSPS) is 36.8. The van der Waals surface area contributed by atoms with Gasteiger partial charge in [-0.2, -0.15) is 0 Å². The Morgan fingerprint density at radius 1 is 1.35 bits per heavy atom. The fourth-order valence-electron chi connectivity index (χ4n) is 4.05. The van der Waals surface area contributed by atoms with Crippen LogP contribution in [0.5, 0.6) is 0 Å². The maximum absolute atomic E-state index is 14.5. The Morgan fingerprint density at radius 3 is 2.60 bits per heavy atom. The number of nitrogens with zero attached hydrogens (tertiary/aromatic N) is 1. The van der Waals surface area contributed by atoms with Gasteiger partial charge in [0, 0.05) is 38.5 Å². The molecular formula is C15H25FN2O2. The topological polar surface area (TPSA) is 41.6 Å². The van der Waals surface area contributed by atoms with Crippen molar-refractivity contribution < 1.29 is 13.9 Å². The van der Waals surface area contributed by atoms with Crippen molar-refractivity contribution in [1.82, 2.24) is 10.2 Å². The zero-order chi connectivity index (χ0) is 14.2. The molecule has 20 heavy (non-hydrogen) atoms. The van der Waals surface area contributed by atoms with Gasteiger partial charge in [0.1, 0.15) is 0 Å². The fourth-order valence-corrected chi connectivity index (χ4v) is 4.05. The molecule has 114 valence electrons. The van der Waals surface area contributed by atoms with Crippen LogP contribution in [0.3, 0.4) is 0 Å². The number of carbonyl (C=O) groups is 1. The zero-order valence-electron chi connectivity index (χ0n) is 12.3.